The number of rotatable bonds is 11. The number of aryl methyl sites for hydroxylation is 4. The van der Waals surface area contributed by atoms with E-state index in [1.54, 1.807) is 54.9 Å². The van der Waals surface area contributed by atoms with Crippen molar-refractivity contribution in [2.75, 3.05) is 0 Å². The van der Waals surface area contributed by atoms with Crippen LogP contribution in [0.1, 0.15) is 60.8 Å². The van der Waals surface area contributed by atoms with Crippen molar-refractivity contribution in [3.8, 4) is 0 Å². The number of benzene rings is 2. The van der Waals surface area contributed by atoms with Crippen molar-refractivity contribution in [2.24, 2.45) is 23.2 Å². The second-order valence-corrected chi connectivity index (χ2v) is 42.6. The van der Waals surface area contributed by atoms with E-state index in [1.165, 1.54) is 22.3 Å². The van der Waals surface area contributed by atoms with Crippen molar-refractivity contribution in [1.29, 1.82) is 0 Å². The van der Waals surface area contributed by atoms with Crippen LogP contribution in [0.25, 0.3) is 0 Å². The highest BCUT2D eigenvalue weighted by atomic mass is 28.5. The summed E-state index contributed by atoms with van der Waals surface area (Å²) in [6.45, 7) is 30.7. The first-order chi connectivity index (χ1) is 20.8. The van der Waals surface area contributed by atoms with Gasteiger partial charge in [0.25, 0.3) is 0 Å². The van der Waals surface area contributed by atoms with Gasteiger partial charge < -0.3 is 4.12 Å². The molecule has 45 heavy (non-hydrogen) atoms. The maximum absolute atomic E-state index is 8.02. The highest BCUT2D eigenvalue weighted by Gasteiger charge is 2.69. The maximum atomic E-state index is 8.02. The monoisotopic (exact) mass is 700 g/mol. The van der Waals surface area contributed by atoms with Crippen LogP contribution < -0.4 is 10.4 Å². The quantitative estimate of drug-likeness (QED) is 0.213. The molecule has 1 atom stereocenters. The molecule has 5 aliphatic rings. The third-order valence-electron chi connectivity index (χ3n) is 11.7. The average Bonchev–Trinajstić information content (AvgIpc) is 3.40. The van der Waals surface area contributed by atoms with Gasteiger partial charge in [-0.3, -0.25) is 0 Å². The minimum Gasteiger partial charge on any atom is -0.450 e. The minimum atomic E-state index is -2.28. The summed E-state index contributed by atoms with van der Waals surface area (Å²) in [5.74, 6) is 3.12. The first kappa shape index (κ1) is 34.3. The molecule has 4 saturated carbocycles. The van der Waals surface area contributed by atoms with E-state index in [0.717, 1.165) is 41.6 Å². The molecule has 4 aliphatic carbocycles. The van der Waals surface area contributed by atoms with Crippen LogP contribution in [0.4, 0.5) is 0 Å². The molecule has 0 spiro atoms. The van der Waals surface area contributed by atoms with E-state index in [4.69, 9.17) is 4.12 Å². The van der Waals surface area contributed by atoms with Crippen molar-refractivity contribution < 1.29 is 4.12 Å². The predicted molar refractivity (Wildman–Crippen MR) is 210 cm³/mol. The second-order valence-electron chi connectivity index (χ2n) is 19.0. The van der Waals surface area contributed by atoms with Gasteiger partial charge in [0.1, 0.15) is 19.0 Å². The van der Waals surface area contributed by atoms with Crippen molar-refractivity contribution in [3.63, 3.8) is 0 Å². The van der Waals surface area contributed by atoms with E-state index in [9.17, 15) is 0 Å². The van der Waals surface area contributed by atoms with Gasteiger partial charge in [0.05, 0.1) is 0 Å². The zero-order chi connectivity index (χ0) is 32.7. The van der Waals surface area contributed by atoms with E-state index < -0.39 is 32.8 Å². The zero-order valence-corrected chi connectivity index (χ0v) is 36.6. The Morgan fingerprint density at radius 2 is 1.13 bits per heavy atom. The second kappa shape index (κ2) is 11.8. The molecule has 4 fully saturated rings. The molecule has 4 radical (unpaired) electrons. The molecule has 7 heteroatoms. The number of hydrogen-bond donors (Lipinski definition) is 0. The highest BCUT2D eigenvalue weighted by molar-refractivity contribution is 7.30. The smallest absolute Gasteiger partial charge is 0.225 e. The van der Waals surface area contributed by atoms with Crippen molar-refractivity contribution in [2.45, 2.75) is 129 Å². The highest BCUT2D eigenvalue weighted by Crippen LogP contribution is 2.65. The average molecular weight is 701 g/mol. The molecule has 4 bridgehead atoms. The first-order valence-corrected chi connectivity index (χ1v) is 32.2. The van der Waals surface area contributed by atoms with Crippen LogP contribution in [-0.2, 0) is 4.12 Å². The van der Waals surface area contributed by atoms with E-state index in [2.05, 4.69) is 116 Å². The fourth-order valence-corrected chi connectivity index (χ4v) is 53.0. The Morgan fingerprint density at radius 1 is 0.711 bits per heavy atom. The van der Waals surface area contributed by atoms with E-state index in [1.807, 2.05) is 9.64 Å². The molecule has 1 nitrogen and oxygen atoms in total. The molecule has 0 N–H and O–H groups in total. The van der Waals surface area contributed by atoms with Gasteiger partial charge in [0.2, 0.25) is 8.32 Å². The molecule has 0 amide bonds. The standard InChI is InChI=1S/C38H60OSi6/c1-26-13-15-33(28(3)17-26)40-35-36(41-34-16-14-27(2)18-29(34)4)45(35,39-43(8,9)10)37(42(5,6)7)44(11,12)25-38-22-30-19-31(23-38)21-32(20-30)24-38/h13-18,30-32,37H,19-25H2,1-12H3. The third kappa shape index (κ3) is 6.84. The Morgan fingerprint density at radius 3 is 1.49 bits per heavy atom. The summed E-state index contributed by atoms with van der Waals surface area (Å²) >= 11 is 0. The topological polar surface area (TPSA) is 9.23 Å². The van der Waals surface area contributed by atoms with E-state index in [0.29, 0.717) is 5.41 Å². The third-order valence-corrected chi connectivity index (χ3v) is 41.7. The van der Waals surface area contributed by atoms with Gasteiger partial charge in [-0.25, -0.2) is 0 Å². The SMILES string of the molecule is Cc1ccc([Si]C2=C([Si]c3ccc(C)cc3C)[Si]2(O[Si](C)(C)C)C([Si](C)(C)C)[Si](C)(C)CC23CC4CC(CC(C4)C2)C3)c(C)c1. The first-order valence-electron chi connectivity index (χ1n) is 17.9. The lowest BCUT2D eigenvalue weighted by Crippen LogP contribution is -2.63. The molecule has 1 aliphatic heterocycles. The molecule has 0 aromatic heterocycles. The normalized spacial score (nSPS) is 28.1. The Hall–Kier alpha value is -0.559. The van der Waals surface area contributed by atoms with Crippen LogP contribution in [0.15, 0.2) is 46.0 Å². The summed E-state index contributed by atoms with van der Waals surface area (Å²) in [4.78, 5) is 4.56. The molecule has 0 saturated heterocycles. The van der Waals surface area contributed by atoms with Gasteiger partial charge in [-0.05, 0) is 114 Å². The van der Waals surface area contributed by atoms with Gasteiger partial charge >= 0.3 is 0 Å². The summed E-state index contributed by atoms with van der Waals surface area (Å²) in [6, 6.07) is 16.0. The maximum Gasteiger partial charge on any atom is 0.225 e. The fourth-order valence-electron chi connectivity index (χ4n) is 11.6. The summed E-state index contributed by atoms with van der Waals surface area (Å²) < 4.78 is 8.02. The van der Waals surface area contributed by atoms with Crippen LogP contribution >= 0.6 is 0 Å². The van der Waals surface area contributed by atoms with Gasteiger partial charge in [-0.1, -0.05) is 117 Å². The predicted octanol–water partition coefficient (Wildman–Crippen LogP) is 9.09. The van der Waals surface area contributed by atoms with Gasteiger partial charge in [-0.15, -0.1) is 0 Å². The molecule has 1 heterocycles. The number of hydrogen-bond acceptors (Lipinski definition) is 1. The molecule has 242 valence electrons. The van der Waals surface area contributed by atoms with Crippen LogP contribution in [0.2, 0.25) is 63.2 Å². The molecule has 1 unspecified atom stereocenters. The lowest BCUT2D eigenvalue weighted by molar-refractivity contribution is -0.0418. The zero-order valence-electron chi connectivity index (χ0n) is 30.6. The molecule has 7 rings (SSSR count). The Kier molecular flexibility index (Phi) is 8.99. The van der Waals surface area contributed by atoms with E-state index >= 15 is 0 Å². The van der Waals surface area contributed by atoms with Crippen molar-refractivity contribution >= 4 is 62.2 Å². The molecule has 2 aromatic carbocycles. The van der Waals surface area contributed by atoms with Crippen LogP contribution in [0.5, 0.6) is 0 Å². The van der Waals surface area contributed by atoms with Crippen LogP contribution in [-0.4, -0.2) is 51.8 Å². The Bertz CT molecular complexity index is 1390. The van der Waals surface area contributed by atoms with Crippen LogP contribution in [0, 0.1) is 50.9 Å². The van der Waals surface area contributed by atoms with Gasteiger partial charge in [0.15, 0.2) is 8.32 Å². The van der Waals surface area contributed by atoms with E-state index in [-0.39, 0.29) is 0 Å². The summed E-state index contributed by atoms with van der Waals surface area (Å²) in [7, 11) is -5.84. The lowest BCUT2D eigenvalue weighted by Gasteiger charge is -2.60. The van der Waals surface area contributed by atoms with Gasteiger partial charge in [0, 0.05) is 16.1 Å². The lowest BCUT2D eigenvalue weighted by atomic mass is 9.50. The van der Waals surface area contributed by atoms with Crippen molar-refractivity contribution in [1.82, 2.24) is 0 Å². The summed E-state index contributed by atoms with van der Waals surface area (Å²) in [6.07, 6.45) is 9.33. The minimum absolute atomic E-state index is 0.651. The fraction of sp³-hybridized carbons (Fsp3) is 0.632. The molecular weight excluding hydrogens is 641 g/mol. The molecule has 2 aromatic rings. The summed E-state index contributed by atoms with van der Waals surface area (Å²) in [5.41, 5.74) is 6.38. The van der Waals surface area contributed by atoms with Gasteiger partial charge in [-0.2, -0.15) is 0 Å². The largest absolute Gasteiger partial charge is 0.450 e. The van der Waals surface area contributed by atoms with Crippen LogP contribution in [0.3, 0.4) is 0 Å². The Labute approximate surface area is 285 Å². The van der Waals surface area contributed by atoms with Crippen molar-refractivity contribution in [3.05, 3.63) is 68.3 Å². The summed E-state index contributed by atoms with van der Waals surface area (Å²) in [5, 5.41) is 3.14. The molecular formula is C38H60OSi6. The Balaban J connectivity index is 1.46.